The second-order valence-corrected chi connectivity index (χ2v) is 12.2. The third kappa shape index (κ3) is 5.96. The van der Waals surface area contributed by atoms with Crippen molar-refractivity contribution in [3.8, 4) is 79.1 Å². The molecule has 4 heterocycles. The van der Waals surface area contributed by atoms with E-state index in [4.69, 9.17) is 24.9 Å². The lowest BCUT2D eigenvalue weighted by Gasteiger charge is -2.12. The van der Waals surface area contributed by atoms with E-state index in [2.05, 4.69) is 77.3 Å². The highest BCUT2D eigenvalue weighted by atomic mass is 15.0. The molecule has 240 valence electrons. The van der Waals surface area contributed by atoms with Crippen molar-refractivity contribution in [1.29, 1.82) is 0 Å². The molecule has 0 amide bonds. The highest BCUT2D eigenvalue weighted by Crippen LogP contribution is 2.36. The summed E-state index contributed by atoms with van der Waals surface area (Å²) in [4.78, 5) is 24.7. The molecule has 0 aliphatic heterocycles. The number of hydrogen-bond donors (Lipinski definition) is 0. The fraction of sp³-hybridized carbons (Fsp3) is 0. The molecule has 0 fully saturated rings. The number of hydrogen-bond acceptors (Lipinski definition) is 5. The van der Waals surface area contributed by atoms with E-state index in [1.54, 1.807) is 0 Å². The number of fused-ring (bicyclic) bond motifs is 1. The maximum Gasteiger partial charge on any atom is 0.164 e. The molecule has 6 heteroatoms. The van der Waals surface area contributed by atoms with Crippen LogP contribution in [0, 0.1) is 0 Å². The first-order valence-corrected chi connectivity index (χ1v) is 16.8. The van der Waals surface area contributed by atoms with Crippen molar-refractivity contribution in [2.24, 2.45) is 0 Å². The summed E-state index contributed by atoms with van der Waals surface area (Å²) in [6, 6.07) is 57.7. The minimum absolute atomic E-state index is 0.593. The Morgan fingerprint density at radius 3 is 1.51 bits per heavy atom. The number of benzene rings is 5. The Morgan fingerprint density at radius 1 is 0.353 bits per heavy atom. The average Bonchev–Trinajstić information content (AvgIpc) is 3.62. The van der Waals surface area contributed by atoms with Crippen molar-refractivity contribution in [2.75, 3.05) is 0 Å². The van der Waals surface area contributed by atoms with Gasteiger partial charge in [0, 0.05) is 45.8 Å². The van der Waals surface area contributed by atoms with Crippen molar-refractivity contribution in [2.45, 2.75) is 0 Å². The molecule has 6 nitrogen and oxygen atoms in total. The largest absolute Gasteiger partial charge is 0.299 e. The van der Waals surface area contributed by atoms with Gasteiger partial charge >= 0.3 is 0 Å². The molecule has 9 rings (SSSR count). The first-order chi connectivity index (χ1) is 25.3. The summed E-state index contributed by atoms with van der Waals surface area (Å²) < 4.78 is 2.16. The van der Waals surface area contributed by atoms with Crippen molar-refractivity contribution < 1.29 is 0 Å². The van der Waals surface area contributed by atoms with Gasteiger partial charge in [-0.05, 0) is 53.6 Å². The van der Waals surface area contributed by atoms with Crippen LogP contribution in [0.15, 0.2) is 182 Å². The molecular weight excluding hydrogens is 625 g/mol. The number of rotatable bonds is 7. The van der Waals surface area contributed by atoms with Crippen LogP contribution in [-0.2, 0) is 0 Å². The normalized spacial score (nSPS) is 11.1. The molecule has 0 aliphatic carbocycles. The second-order valence-electron chi connectivity index (χ2n) is 12.2. The number of pyridine rings is 2. The molecule has 9 aromatic rings. The van der Waals surface area contributed by atoms with Gasteiger partial charge in [-0.3, -0.25) is 9.38 Å². The molecule has 0 bridgehead atoms. The zero-order valence-electron chi connectivity index (χ0n) is 27.5. The summed E-state index contributed by atoms with van der Waals surface area (Å²) in [5.74, 6) is 1.83. The molecule has 0 atom stereocenters. The van der Waals surface area contributed by atoms with Crippen LogP contribution in [0.5, 0.6) is 0 Å². The fourth-order valence-corrected chi connectivity index (χ4v) is 6.43. The minimum atomic E-state index is 0.593. The van der Waals surface area contributed by atoms with Gasteiger partial charge in [0.05, 0.1) is 17.1 Å². The van der Waals surface area contributed by atoms with Crippen LogP contribution in [0.2, 0.25) is 0 Å². The van der Waals surface area contributed by atoms with Crippen molar-refractivity contribution >= 4 is 5.65 Å². The molecule has 4 aromatic heterocycles. The molecule has 0 aliphatic rings. The van der Waals surface area contributed by atoms with E-state index in [0.717, 1.165) is 67.2 Å². The molecule has 0 saturated carbocycles. The summed E-state index contributed by atoms with van der Waals surface area (Å²) in [5.41, 5.74) is 11.7. The average molecular weight is 655 g/mol. The van der Waals surface area contributed by atoms with Crippen LogP contribution in [0.3, 0.4) is 0 Å². The van der Waals surface area contributed by atoms with Crippen molar-refractivity contribution in [1.82, 2.24) is 29.3 Å². The van der Waals surface area contributed by atoms with Crippen LogP contribution < -0.4 is 0 Å². The van der Waals surface area contributed by atoms with Gasteiger partial charge in [-0.2, -0.15) is 0 Å². The van der Waals surface area contributed by atoms with Gasteiger partial charge in [-0.25, -0.2) is 19.9 Å². The van der Waals surface area contributed by atoms with Gasteiger partial charge in [0.2, 0.25) is 0 Å². The lowest BCUT2D eigenvalue weighted by Crippen LogP contribution is -2.00. The summed E-state index contributed by atoms with van der Waals surface area (Å²) in [6.45, 7) is 0. The molecule has 0 unspecified atom stereocenters. The van der Waals surface area contributed by atoms with E-state index in [0.29, 0.717) is 17.5 Å². The molecule has 0 radical (unpaired) electrons. The zero-order valence-corrected chi connectivity index (χ0v) is 27.5. The molecule has 0 spiro atoms. The van der Waals surface area contributed by atoms with Crippen molar-refractivity contribution in [3.05, 3.63) is 182 Å². The predicted octanol–water partition coefficient (Wildman–Crippen LogP) is 10.6. The number of imidazole rings is 1. The third-order valence-electron chi connectivity index (χ3n) is 8.92. The molecule has 0 N–H and O–H groups in total. The van der Waals surface area contributed by atoms with Gasteiger partial charge in [0.15, 0.2) is 17.5 Å². The van der Waals surface area contributed by atoms with E-state index in [-0.39, 0.29) is 0 Å². The smallest absolute Gasteiger partial charge is 0.164 e. The third-order valence-corrected chi connectivity index (χ3v) is 8.92. The standard InChI is InChI=1S/C45H30N6/c1-4-14-33(15-5-1)42-41(47-40-21-11-13-27-51(40)42)32-24-22-31(23-25-32)36-28-37(39-20-10-12-26-46-39)30-38(29-36)45-49-43(34-16-6-2-7-17-34)48-44(50-45)35-18-8-3-9-19-35/h1-30H. The lowest BCUT2D eigenvalue weighted by atomic mass is 9.96. The SMILES string of the molecule is c1ccc(-c2nc(-c3ccccc3)nc(-c3cc(-c4ccc(-c5nc6ccccn6c5-c5ccccc5)cc4)cc(-c4ccccn4)c3)n2)cc1. The second kappa shape index (κ2) is 13.1. The topological polar surface area (TPSA) is 68.9 Å². The molecule has 5 aromatic carbocycles. The zero-order chi connectivity index (χ0) is 34.0. The first kappa shape index (κ1) is 30.0. The van der Waals surface area contributed by atoms with Gasteiger partial charge in [-0.1, -0.05) is 127 Å². The first-order valence-electron chi connectivity index (χ1n) is 16.8. The quantitative estimate of drug-likeness (QED) is 0.171. The fourth-order valence-electron chi connectivity index (χ4n) is 6.43. The molecular formula is C45H30N6. The van der Waals surface area contributed by atoms with Crippen molar-refractivity contribution in [3.63, 3.8) is 0 Å². The maximum atomic E-state index is 5.07. The Balaban J connectivity index is 1.18. The Bertz CT molecular complexity index is 2540. The maximum absolute atomic E-state index is 5.07. The lowest BCUT2D eigenvalue weighted by molar-refractivity contribution is 1.07. The van der Waals surface area contributed by atoms with Gasteiger partial charge in [-0.15, -0.1) is 0 Å². The van der Waals surface area contributed by atoms with E-state index in [9.17, 15) is 0 Å². The Hall–Kier alpha value is -7.05. The monoisotopic (exact) mass is 654 g/mol. The van der Waals surface area contributed by atoms with E-state index < -0.39 is 0 Å². The highest BCUT2D eigenvalue weighted by molar-refractivity contribution is 5.84. The summed E-state index contributed by atoms with van der Waals surface area (Å²) in [5, 5.41) is 0. The van der Waals surface area contributed by atoms with E-state index in [1.165, 1.54) is 0 Å². The Kier molecular flexibility index (Phi) is 7.72. The Labute approximate surface area is 295 Å². The number of nitrogens with zero attached hydrogens (tertiary/aromatic N) is 6. The van der Waals surface area contributed by atoms with Crippen LogP contribution in [-0.4, -0.2) is 29.3 Å². The van der Waals surface area contributed by atoms with Crippen LogP contribution in [0.4, 0.5) is 0 Å². The van der Waals surface area contributed by atoms with Gasteiger partial charge in [0.25, 0.3) is 0 Å². The number of aromatic nitrogens is 6. The summed E-state index contributed by atoms with van der Waals surface area (Å²) in [6.07, 6.45) is 3.89. The van der Waals surface area contributed by atoms with E-state index in [1.807, 2.05) is 109 Å². The molecule has 51 heavy (non-hydrogen) atoms. The predicted molar refractivity (Wildman–Crippen MR) is 204 cm³/mol. The van der Waals surface area contributed by atoms with Gasteiger partial charge < -0.3 is 0 Å². The van der Waals surface area contributed by atoms with E-state index >= 15 is 0 Å². The van der Waals surface area contributed by atoms with Crippen LogP contribution in [0.25, 0.3) is 84.7 Å². The Morgan fingerprint density at radius 2 is 0.882 bits per heavy atom. The summed E-state index contributed by atoms with van der Waals surface area (Å²) in [7, 11) is 0. The van der Waals surface area contributed by atoms with Crippen LogP contribution in [0.1, 0.15) is 0 Å². The van der Waals surface area contributed by atoms with Crippen LogP contribution >= 0.6 is 0 Å². The molecule has 0 saturated heterocycles. The highest BCUT2D eigenvalue weighted by Gasteiger charge is 2.18. The van der Waals surface area contributed by atoms with Gasteiger partial charge in [0.1, 0.15) is 5.65 Å². The summed E-state index contributed by atoms with van der Waals surface area (Å²) >= 11 is 0. The minimum Gasteiger partial charge on any atom is -0.299 e.